The van der Waals surface area contributed by atoms with Crippen LogP contribution in [0.4, 0.5) is 27.1 Å². The summed E-state index contributed by atoms with van der Waals surface area (Å²) in [5, 5.41) is 11.6. The molecular weight excluding hydrogens is 847 g/mol. The molecule has 0 atom stereocenters. The lowest BCUT2D eigenvalue weighted by atomic mass is 10.1. The number of benzene rings is 4. The maximum absolute atomic E-state index is 12.7. The summed E-state index contributed by atoms with van der Waals surface area (Å²) in [5.74, 6) is 1.58. The van der Waals surface area contributed by atoms with Gasteiger partial charge in [-0.25, -0.2) is 0 Å². The molecule has 0 heterocycles. The van der Waals surface area contributed by atoms with E-state index in [1.807, 2.05) is 73.7 Å². The molecule has 0 spiro atoms. The lowest BCUT2D eigenvalue weighted by Gasteiger charge is -2.30. The molecule has 0 unspecified atom stereocenters. The van der Waals surface area contributed by atoms with Crippen LogP contribution in [0.25, 0.3) is 0 Å². The summed E-state index contributed by atoms with van der Waals surface area (Å²) in [6.07, 6.45) is 0.487. The Bertz CT molecular complexity index is 1770. The van der Waals surface area contributed by atoms with E-state index in [9.17, 15) is 14.0 Å². The molecule has 4 rings (SSSR count). The number of anilines is 4. The van der Waals surface area contributed by atoms with Gasteiger partial charge in [0.25, 0.3) is 0 Å². The molecule has 0 aliphatic rings. The average Bonchev–Trinajstić information content (AvgIpc) is 3.10. The van der Waals surface area contributed by atoms with E-state index in [0.29, 0.717) is 30.1 Å². The number of alkyl halides is 1. The Kier molecular flexibility index (Phi) is 23.3. The maximum atomic E-state index is 12.7. The zero-order chi connectivity index (χ0) is 43.9. The minimum absolute atomic E-state index is 0.00671. The Morgan fingerprint density at radius 3 is 1.42 bits per heavy atom. The molecule has 0 radical (unpaired) electrons. The van der Waals surface area contributed by atoms with E-state index in [0.717, 1.165) is 74.6 Å². The molecule has 0 saturated carbocycles. The zero-order valence-electron chi connectivity index (χ0n) is 36.7. The SMILES string of the molecule is CC(C)CN(CC(C)C)c1ccc(Br)cc1N.Cc1ccc(CC(=O)Nc2cc(Br)ccc2N(CC(C)C)CC(C)C)cc1.Cc1ccc(CC(=O)O)cc1.[2H]CF. The Balaban J connectivity index is 0.000000461. The smallest absolute Gasteiger partial charge is 0.307 e. The second-order valence-electron chi connectivity index (χ2n) is 16.0. The largest absolute Gasteiger partial charge is 0.481 e. The molecule has 1 amide bonds. The Hall–Kier alpha value is -3.89. The minimum Gasteiger partial charge on any atom is -0.481 e. The van der Waals surface area contributed by atoms with Gasteiger partial charge in [-0.1, -0.05) is 147 Å². The summed E-state index contributed by atoms with van der Waals surface area (Å²) >= 11 is 6.99. The molecule has 10 heteroatoms. The van der Waals surface area contributed by atoms with E-state index in [2.05, 4.69) is 127 Å². The van der Waals surface area contributed by atoms with Crippen LogP contribution in [0.15, 0.2) is 93.9 Å². The highest BCUT2D eigenvalue weighted by molar-refractivity contribution is 9.10. The van der Waals surface area contributed by atoms with Gasteiger partial charge < -0.3 is 26.0 Å². The molecule has 4 aromatic carbocycles. The van der Waals surface area contributed by atoms with Crippen molar-refractivity contribution in [3.05, 3.63) is 116 Å². The first kappa shape index (κ1) is 49.3. The predicted octanol–water partition coefficient (Wildman–Crippen LogP) is 12.4. The number of nitrogens with one attached hydrogen (secondary N) is 1. The van der Waals surface area contributed by atoms with E-state index in [1.54, 1.807) is 0 Å². The van der Waals surface area contributed by atoms with Crippen molar-refractivity contribution < 1.29 is 20.5 Å². The first-order chi connectivity index (χ1) is 27.2. The van der Waals surface area contributed by atoms with Crippen molar-refractivity contribution in [3.8, 4) is 0 Å². The van der Waals surface area contributed by atoms with Crippen LogP contribution >= 0.6 is 31.9 Å². The quantitative estimate of drug-likeness (QED) is 0.103. The molecule has 0 aromatic heterocycles. The van der Waals surface area contributed by atoms with Crippen molar-refractivity contribution in [1.29, 1.82) is 0 Å². The summed E-state index contributed by atoms with van der Waals surface area (Å²) in [7, 11) is -1.00. The number of halogens is 3. The van der Waals surface area contributed by atoms with Crippen LogP contribution in [-0.4, -0.2) is 50.3 Å². The third-order valence-electron chi connectivity index (χ3n) is 8.21. The van der Waals surface area contributed by atoms with Crippen molar-refractivity contribution in [2.45, 2.75) is 82.1 Å². The van der Waals surface area contributed by atoms with Crippen LogP contribution in [0.2, 0.25) is 0 Å². The highest BCUT2D eigenvalue weighted by Gasteiger charge is 2.17. The topological polar surface area (TPSA) is 98.9 Å². The van der Waals surface area contributed by atoms with Crippen LogP contribution in [0.5, 0.6) is 0 Å². The number of carbonyl (C=O) groups is 2. The second kappa shape index (κ2) is 26.9. The van der Waals surface area contributed by atoms with E-state index >= 15 is 0 Å². The van der Waals surface area contributed by atoms with Gasteiger partial charge in [-0.2, -0.15) is 0 Å². The van der Waals surface area contributed by atoms with Crippen molar-refractivity contribution in [2.24, 2.45) is 23.7 Å². The molecule has 0 aliphatic carbocycles. The number of amides is 1. The number of carboxylic acids is 1. The van der Waals surface area contributed by atoms with Crippen LogP contribution in [0, 0.1) is 37.5 Å². The number of nitrogens with zero attached hydrogens (tertiary/aromatic N) is 2. The molecule has 0 fully saturated rings. The molecule has 7 nitrogen and oxygen atoms in total. The van der Waals surface area contributed by atoms with E-state index in [-0.39, 0.29) is 12.3 Å². The summed E-state index contributed by atoms with van der Waals surface area (Å²) in [6.45, 7) is 25.9. The lowest BCUT2D eigenvalue weighted by Crippen LogP contribution is -2.32. The fraction of sp³-hybridized carbons (Fsp3) is 0.447. The molecule has 0 bridgehead atoms. The monoisotopic (exact) mass is 913 g/mol. The molecule has 0 saturated heterocycles. The molecule has 57 heavy (non-hydrogen) atoms. The van der Waals surface area contributed by atoms with Crippen molar-refractivity contribution in [2.75, 3.05) is 54.2 Å². The fourth-order valence-electron chi connectivity index (χ4n) is 5.97. The standard InChI is InChI=1S/C23H31BrN2O.C14H23BrN2.C9H10O2.CH3F/c1-16(2)14-26(15-17(3)4)22-11-10-20(24)13-21(22)25-23(27)12-19-8-6-18(5)7-9-19;1-10(2)8-17(9-11(3)4)14-6-5-12(15)7-13(14)16;1-7-2-4-8(5-3-7)6-9(10)11;1-2/h6-11,13,16-17H,12,14-15H2,1-5H3,(H,25,27);5-7,10-11H,8-9,16H2,1-4H3;2-5H,6H2,1H3,(H,10,11);1H3/i;;;1D. The third kappa shape index (κ3) is 21.4. The summed E-state index contributed by atoms with van der Waals surface area (Å²) in [6, 6.07) is 27.9. The Labute approximate surface area is 361 Å². The Morgan fingerprint density at radius 1 is 0.667 bits per heavy atom. The summed E-state index contributed by atoms with van der Waals surface area (Å²) in [5.41, 5.74) is 14.3. The minimum atomic E-state index is -1.00. The zero-order valence-corrected chi connectivity index (χ0v) is 38.9. The number of aliphatic carboxylic acids is 1. The van der Waals surface area contributed by atoms with Gasteiger partial charge in [0.2, 0.25) is 5.91 Å². The third-order valence-corrected chi connectivity index (χ3v) is 9.19. The van der Waals surface area contributed by atoms with Gasteiger partial charge in [0.15, 0.2) is 0 Å². The van der Waals surface area contributed by atoms with Gasteiger partial charge >= 0.3 is 5.97 Å². The van der Waals surface area contributed by atoms with E-state index in [4.69, 9.17) is 12.2 Å². The van der Waals surface area contributed by atoms with Gasteiger partial charge in [0.1, 0.15) is 0 Å². The number of carbonyl (C=O) groups excluding carboxylic acids is 1. The number of nitrogens with two attached hydrogens (primary N) is 1. The second-order valence-corrected chi connectivity index (χ2v) is 17.8. The average molecular weight is 916 g/mol. The lowest BCUT2D eigenvalue weighted by molar-refractivity contribution is -0.136. The molecule has 314 valence electrons. The first-order valence-corrected chi connectivity index (χ1v) is 21.1. The van der Waals surface area contributed by atoms with Gasteiger partial charge in [0, 0.05) is 35.1 Å². The van der Waals surface area contributed by atoms with Crippen molar-refractivity contribution in [3.63, 3.8) is 0 Å². The number of aryl methyl sites for hydroxylation is 2. The molecular formula is C47H67Br2FN4O3. The molecule has 4 N–H and O–H groups in total. The van der Waals surface area contributed by atoms with Crippen LogP contribution < -0.4 is 20.9 Å². The molecule has 0 aliphatic heterocycles. The van der Waals surface area contributed by atoms with Crippen LogP contribution in [-0.2, 0) is 22.4 Å². The number of hydrogen-bond acceptors (Lipinski definition) is 5. The van der Waals surface area contributed by atoms with Crippen LogP contribution in [0.1, 0.15) is 79.0 Å². The number of rotatable bonds is 15. The summed E-state index contributed by atoms with van der Waals surface area (Å²) < 4.78 is 17.5. The highest BCUT2D eigenvalue weighted by Crippen LogP contribution is 2.31. The maximum Gasteiger partial charge on any atom is 0.307 e. The van der Waals surface area contributed by atoms with E-state index < -0.39 is 13.1 Å². The van der Waals surface area contributed by atoms with Crippen molar-refractivity contribution >= 4 is 66.5 Å². The van der Waals surface area contributed by atoms with Gasteiger partial charge in [-0.3, -0.25) is 14.0 Å². The summed E-state index contributed by atoms with van der Waals surface area (Å²) in [4.78, 5) is 27.7. The number of nitrogen functional groups attached to an aromatic ring is 1. The van der Waals surface area contributed by atoms with Crippen LogP contribution in [0.3, 0.4) is 0 Å². The van der Waals surface area contributed by atoms with E-state index in [1.165, 1.54) is 5.56 Å². The fourth-order valence-corrected chi connectivity index (χ4v) is 6.71. The Morgan fingerprint density at radius 2 is 1.04 bits per heavy atom. The predicted molar refractivity (Wildman–Crippen MR) is 250 cm³/mol. The van der Waals surface area contributed by atoms with Crippen molar-refractivity contribution in [1.82, 2.24) is 0 Å². The van der Waals surface area contributed by atoms with Gasteiger partial charge in [-0.15, -0.1) is 0 Å². The number of carboxylic acid groups (broad SMARTS) is 1. The number of hydrogen-bond donors (Lipinski definition) is 3. The molecule has 4 aromatic rings. The first-order valence-electron chi connectivity index (χ1n) is 20.3. The highest BCUT2D eigenvalue weighted by atomic mass is 79.9. The van der Waals surface area contributed by atoms with Gasteiger partial charge in [0.05, 0.1) is 44.1 Å². The normalized spacial score (nSPS) is 10.8. The van der Waals surface area contributed by atoms with Gasteiger partial charge in [-0.05, 0) is 85.0 Å².